The van der Waals surface area contributed by atoms with E-state index in [0.29, 0.717) is 32.0 Å². The van der Waals surface area contributed by atoms with E-state index < -0.39 is 39.1 Å². The van der Waals surface area contributed by atoms with Gasteiger partial charge in [-0.1, -0.05) is 0 Å². The van der Waals surface area contributed by atoms with Crippen molar-refractivity contribution < 1.29 is 21.9 Å². The summed E-state index contributed by atoms with van der Waals surface area (Å²) in [6, 6.07) is 2.93. The van der Waals surface area contributed by atoms with E-state index in [2.05, 4.69) is 4.90 Å². The molecule has 9 heteroatoms. The van der Waals surface area contributed by atoms with Gasteiger partial charge in [0.25, 0.3) is 0 Å². The molecule has 0 saturated carbocycles. The molecule has 3 aliphatic heterocycles. The monoisotopic (exact) mass is 415 g/mol. The number of hydrogen-bond acceptors (Lipinski definition) is 5. The topological polar surface area (TPSA) is 75.9 Å². The number of halogens is 2. The lowest BCUT2D eigenvalue weighted by atomic mass is 9.93. The zero-order valence-corrected chi connectivity index (χ0v) is 16.9. The summed E-state index contributed by atoms with van der Waals surface area (Å²) in [5, 5.41) is -0.421. The molecule has 0 bridgehead atoms. The van der Waals surface area contributed by atoms with Crippen molar-refractivity contribution in [2.75, 3.05) is 26.2 Å². The minimum absolute atomic E-state index is 0.0158. The van der Waals surface area contributed by atoms with Gasteiger partial charge in [0.2, 0.25) is 10.0 Å². The van der Waals surface area contributed by atoms with Crippen LogP contribution in [0.1, 0.15) is 31.9 Å². The highest BCUT2D eigenvalue weighted by molar-refractivity contribution is 7.89. The Morgan fingerprint density at radius 3 is 2.64 bits per heavy atom. The fraction of sp³-hybridized carbons (Fsp3) is 0.684. The second-order valence-corrected chi connectivity index (χ2v) is 10.9. The zero-order valence-electron chi connectivity index (χ0n) is 16.1. The summed E-state index contributed by atoms with van der Waals surface area (Å²) >= 11 is 0. The van der Waals surface area contributed by atoms with E-state index in [1.54, 1.807) is 18.2 Å². The molecule has 1 aromatic carbocycles. The molecule has 0 spiro atoms. The van der Waals surface area contributed by atoms with Crippen molar-refractivity contribution in [3.8, 4) is 0 Å². The Kier molecular flexibility index (Phi) is 5.24. The molecule has 0 amide bonds. The highest BCUT2D eigenvalue weighted by Crippen LogP contribution is 2.39. The molecule has 6 nitrogen and oxygen atoms in total. The molecule has 0 radical (unpaired) electrons. The number of rotatable bonds is 4. The number of ether oxygens (including phenoxy) is 1. The molecule has 3 aliphatic rings. The van der Waals surface area contributed by atoms with Gasteiger partial charge in [0.05, 0.1) is 11.9 Å². The number of nitrogens with two attached hydrogens (primary N) is 1. The van der Waals surface area contributed by atoms with Crippen molar-refractivity contribution in [2.45, 2.75) is 49.7 Å². The first-order chi connectivity index (χ1) is 13.2. The number of hydrogen-bond donors (Lipinski definition) is 1. The Bertz CT molecular complexity index is 851. The molecule has 0 aliphatic carbocycles. The number of nitrogens with zero attached hydrogens (tertiary/aromatic N) is 2. The average Bonchev–Trinajstić information content (AvgIpc) is 2.93. The molecule has 4 rings (SSSR count). The smallest absolute Gasteiger partial charge is 0.216 e. The van der Waals surface area contributed by atoms with Crippen molar-refractivity contribution in [1.29, 1.82) is 0 Å². The van der Waals surface area contributed by atoms with Gasteiger partial charge in [0, 0.05) is 49.2 Å². The van der Waals surface area contributed by atoms with E-state index in [1.165, 1.54) is 0 Å². The fourth-order valence-electron chi connectivity index (χ4n) is 4.63. The molecule has 1 aromatic rings. The lowest BCUT2D eigenvalue weighted by molar-refractivity contribution is -0.0474. The predicted octanol–water partition coefficient (Wildman–Crippen LogP) is 1.48. The molecule has 156 valence electrons. The summed E-state index contributed by atoms with van der Waals surface area (Å²) in [4.78, 5) is 2.24. The normalized spacial score (nSPS) is 34.4. The van der Waals surface area contributed by atoms with E-state index in [0.717, 1.165) is 24.7 Å². The lowest BCUT2D eigenvalue weighted by Gasteiger charge is -2.43. The molecule has 3 fully saturated rings. The van der Waals surface area contributed by atoms with Gasteiger partial charge in [-0.25, -0.2) is 17.2 Å². The van der Waals surface area contributed by atoms with Crippen molar-refractivity contribution in [3.05, 3.63) is 35.4 Å². The summed E-state index contributed by atoms with van der Waals surface area (Å²) in [6.07, 6.45) is -0.0825. The number of sulfonamides is 1. The van der Waals surface area contributed by atoms with Gasteiger partial charge in [0.15, 0.2) is 0 Å². The Morgan fingerprint density at radius 2 is 1.96 bits per heavy atom. The molecule has 3 saturated heterocycles. The van der Waals surface area contributed by atoms with Crippen LogP contribution in [0.3, 0.4) is 0 Å². The van der Waals surface area contributed by atoms with Crippen LogP contribution in [0.15, 0.2) is 18.2 Å². The highest BCUT2D eigenvalue weighted by atomic mass is 32.2. The Hall–Kier alpha value is -1.13. The number of likely N-dealkylation sites (tertiary alicyclic amines) is 1. The van der Waals surface area contributed by atoms with Gasteiger partial charge in [-0.15, -0.1) is 0 Å². The third-order valence-electron chi connectivity index (χ3n) is 6.32. The zero-order chi connectivity index (χ0) is 20.2. The van der Waals surface area contributed by atoms with E-state index in [9.17, 15) is 17.2 Å². The van der Waals surface area contributed by atoms with Crippen LogP contribution in [-0.4, -0.2) is 67.2 Å². The second kappa shape index (κ2) is 7.28. The van der Waals surface area contributed by atoms with Gasteiger partial charge in [-0.3, -0.25) is 4.90 Å². The molecule has 5 atom stereocenters. The second-order valence-electron chi connectivity index (χ2n) is 8.42. The van der Waals surface area contributed by atoms with Gasteiger partial charge < -0.3 is 10.5 Å². The maximum atomic E-state index is 14.1. The van der Waals surface area contributed by atoms with Crippen LogP contribution in [0.2, 0.25) is 0 Å². The number of fused-ring (bicyclic) bond motifs is 1. The Balaban J connectivity index is 1.40. The van der Waals surface area contributed by atoms with Crippen LogP contribution in [0.25, 0.3) is 0 Å². The van der Waals surface area contributed by atoms with Crippen LogP contribution in [-0.2, 0) is 14.8 Å². The van der Waals surface area contributed by atoms with Crippen LogP contribution >= 0.6 is 0 Å². The number of benzene rings is 1. The summed E-state index contributed by atoms with van der Waals surface area (Å²) in [5.41, 5.74) is 6.42. The van der Waals surface area contributed by atoms with Crippen molar-refractivity contribution >= 4 is 10.0 Å². The maximum absolute atomic E-state index is 14.1. The van der Waals surface area contributed by atoms with Crippen molar-refractivity contribution in [3.63, 3.8) is 0 Å². The highest BCUT2D eigenvalue weighted by Gasteiger charge is 2.52. The quantitative estimate of drug-likeness (QED) is 0.806. The van der Waals surface area contributed by atoms with Gasteiger partial charge in [0.1, 0.15) is 17.7 Å². The first kappa shape index (κ1) is 20.2. The Labute approximate surface area is 164 Å². The van der Waals surface area contributed by atoms with Crippen LogP contribution < -0.4 is 5.73 Å². The molecule has 0 aromatic heterocycles. The van der Waals surface area contributed by atoms with Crippen LogP contribution in [0.5, 0.6) is 0 Å². The summed E-state index contributed by atoms with van der Waals surface area (Å²) in [5.74, 6) is -0.700. The Morgan fingerprint density at radius 1 is 1.21 bits per heavy atom. The van der Waals surface area contributed by atoms with Crippen LogP contribution in [0.4, 0.5) is 8.78 Å². The molecular weight excluding hydrogens is 388 g/mol. The van der Waals surface area contributed by atoms with E-state index in [4.69, 9.17) is 10.5 Å². The minimum Gasteiger partial charge on any atom is -0.370 e. The van der Waals surface area contributed by atoms with E-state index in [-0.39, 0.29) is 17.6 Å². The maximum Gasteiger partial charge on any atom is 0.216 e. The SMILES string of the molecule is CC(C)S(=O)(=O)N1CC2CN([C@H]3CO[C@H](c4cc(F)ccc4F)[C@@H](N)C3)CC21. The summed E-state index contributed by atoms with van der Waals surface area (Å²) in [7, 11) is -3.24. The average molecular weight is 416 g/mol. The minimum atomic E-state index is -3.24. The molecule has 28 heavy (non-hydrogen) atoms. The van der Waals surface area contributed by atoms with Crippen LogP contribution in [0, 0.1) is 17.6 Å². The summed E-state index contributed by atoms with van der Waals surface area (Å²) in [6.45, 7) is 5.82. The first-order valence-corrected chi connectivity index (χ1v) is 11.3. The fourth-order valence-corrected chi connectivity index (χ4v) is 6.19. The molecule has 2 N–H and O–H groups in total. The third-order valence-corrected chi connectivity index (χ3v) is 8.59. The van der Waals surface area contributed by atoms with Gasteiger partial charge in [-0.2, -0.15) is 4.31 Å². The molecular formula is C19H27F2N3O3S. The summed E-state index contributed by atoms with van der Waals surface area (Å²) < 4.78 is 60.0. The molecule has 3 heterocycles. The largest absolute Gasteiger partial charge is 0.370 e. The lowest BCUT2D eigenvalue weighted by Crippen LogP contribution is -2.59. The van der Waals surface area contributed by atoms with Crippen molar-refractivity contribution in [1.82, 2.24) is 9.21 Å². The third kappa shape index (κ3) is 3.37. The van der Waals surface area contributed by atoms with Crippen molar-refractivity contribution in [2.24, 2.45) is 11.7 Å². The molecule has 2 unspecified atom stereocenters. The van der Waals surface area contributed by atoms with E-state index >= 15 is 0 Å². The van der Waals surface area contributed by atoms with Gasteiger partial charge in [-0.05, 0) is 38.5 Å². The predicted molar refractivity (Wildman–Crippen MR) is 101 cm³/mol. The first-order valence-electron chi connectivity index (χ1n) is 9.75. The van der Waals surface area contributed by atoms with E-state index in [1.807, 2.05) is 0 Å². The van der Waals surface area contributed by atoms with Gasteiger partial charge >= 0.3 is 0 Å². The standard InChI is InChI=1S/C19H27F2N3O3S/c1-11(2)28(25,26)24-8-12-7-23(9-18(12)24)14-6-17(22)19(27-10-14)15-5-13(20)3-4-16(15)21/h3-5,11-12,14,17-19H,6-10,22H2,1-2H3/t12?,14-,17+,18?,19-/m1/s1.